The second-order valence-electron chi connectivity index (χ2n) is 6.71. The minimum absolute atomic E-state index is 0.216. The molecule has 0 saturated carbocycles. The van der Waals surface area contributed by atoms with Crippen molar-refractivity contribution in [3.05, 3.63) is 12.7 Å². The van der Waals surface area contributed by atoms with Crippen molar-refractivity contribution < 1.29 is 28.9 Å². The van der Waals surface area contributed by atoms with Gasteiger partial charge in [0.1, 0.15) is 30.6 Å². The highest BCUT2D eigenvalue weighted by Crippen LogP contribution is 2.43. The molecule has 144 valence electrons. The number of carboxylic acids is 1. The Morgan fingerprint density at radius 3 is 2.78 bits per heavy atom. The molecule has 0 aromatic carbocycles. The third-order valence-electron chi connectivity index (χ3n) is 4.36. The number of nitrogen functional groups attached to an aromatic ring is 1. The Bertz CT molecular complexity index is 913. The molecule has 2 aromatic heterocycles. The van der Waals surface area contributed by atoms with Crippen LogP contribution in [0.15, 0.2) is 12.7 Å². The van der Waals surface area contributed by atoms with E-state index in [-0.39, 0.29) is 5.82 Å². The largest absolute Gasteiger partial charge is 0.480 e. The third-order valence-corrected chi connectivity index (χ3v) is 4.36. The van der Waals surface area contributed by atoms with Crippen molar-refractivity contribution in [2.45, 2.75) is 44.2 Å². The number of amides is 1. The summed E-state index contributed by atoms with van der Waals surface area (Å²) in [4.78, 5) is 35.4. The van der Waals surface area contributed by atoms with Gasteiger partial charge in [0.25, 0.3) is 5.91 Å². The minimum atomic E-state index is -1.16. The molecular weight excluding hydrogens is 360 g/mol. The van der Waals surface area contributed by atoms with Gasteiger partial charge in [-0.2, -0.15) is 0 Å². The van der Waals surface area contributed by atoms with E-state index in [4.69, 9.17) is 25.1 Å². The summed E-state index contributed by atoms with van der Waals surface area (Å²) in [5.41, 5.74) is 6.64. The molecule has 0 spiro atoms. The third kappa shape index (κ3) is 2.97. The molecule has 2 aliphatic rings. The number of rotatable bonds is 4. The van der Waals surface area contributed by atoms with Gasteiger partial charge in [-0.25, -0.2) is 15.0 Å². The van der Waals surface area contributed by atoms with Gasteiger partial charge in [-0.15, -0.1) is 0 Å². The topological polar surface area (TPSA) is 164 Å². The van der Waals surface area contributed by atoms with Crippen LogP contribution in [0.1, 0.15) is 20.1 Å². The van der Waals surface area contributed by atoms with E-state index in [1.54, 1.807) is 18.4 Å². The highest BCUT2D eigenvalue weighted by atomic mass is 16.8. The van der Waals surface area contributed by atoms with E-state index in [0.717, 1.165) is 0 Å². The lowest BCUT2D eigenvalue weighted by Gasteiger charge is -2.24. The standard InChI is InChI=1S/C15H18N6O6/c1-15(2)26-8-9(13(24)17-3-6(22)23)25-14(10(8)27-15)21-5-20-7-11(16)18-4-19-12(7)21/h4-5,8-10,14H,3H2,1-2H3,(H,17,24)(H,22,23)(H2,16,18,19)/t8-,9+,10+,14-/m1/s1. The van der Waals surface area contributed by atoms with Gasteiger partial charge >= 0.3 is 5.97 Å². The first-order valence-corrected chi connectivity index (χ1v) is 8.20. The average Bonchev–Trinajstić information content (AvgIpc) is 3.24. The number of carbonyl (C=O) groups is 2. The molecule has 0 radical (unpaired) electrons. The van der Waals surface area contributed by atoms with Gasteiger partial charge in [0.15, 0.2) is 29.6 Å². The first-order valence-electron chi connectivity index (χ1n) is 8.20. The molecule has 4 rings (SSSR count). The van der Waals surface area contributed by atoms with Gasteiger partial charge in [0.2, 0.25) is 0 Å². The fourth-order valence-electron chi connectivity index (χ4n) is 3.33. The van der Waals surface area contributed by atoms with Gasteiger partial charge < -0.3 is 30.4 Å². The molecular formula is C15H18N6O6. The molecule has 2 aromatic rings. The van der Waals surface area contributed by atoms with Crippen LogP contribution in [0, 0.1) is 0 Å². The van der Waals surface area contributed by atoms with Gasteiger partial charge in [0, 0.05) is 0 Å². The smallest absolute Gasteiger partial charge is 0.322 e. The van der Waals surface area contributed by atoms with Crippen molar-refractivity contribution in [2.75, 3.05) is 12.3 Å². The zero-order valence-electron chi connectivity index (χ0n) is 14.5. The molecule has 2 aliphatic heterocycles. The summed E-state index contributed by atoms with van der Waals surface area (Å²) in [5.74, 6) is -2.48. The van der Waals surface area contributed by atoms with Crippen LogP contribution in [0.4, 0.5) is 5.82 Å². The maximum absolute atomic E-state index is 12.4. The van der Waals surface area contributed by atoms with Gasteiger partial charge in [0.05, 0.1) is 6.33 Å². The number of carbonyl (C=O) groups excluding carboxylic acids is 1. The molecule has 4 N–H and O–H groups in total. The van der Waals surface area contributed by atoms with E-state index in [1.807, 2.05) is 0 Å². The first kappa shape index (κ1) is 17.6. The monoisotopic (exact) mass is 378 g/mol. The summed E-state index contributed by atoms with van der Waals surface area (Å²) < 4.78 is 19.2. The summed E-state index contributed by atoms with van der Waals surface area (Å²) in [7, 11) is 0. The lowest BCUT2D eigenvalue weighted by Crippen LogP contribution is -2.44. The number of fused-ring (bicyclic) bond motifs is 2. The molecule has 12 heteroatoms. The zero-order chi connectivity index (χ0) is 19.3. The van der Waals surface area contributed by atoms with E-state index in [0.29, 0.717) is 11.2 Å². The molecule has 27 heavy (non-hydrogen) atoms. The quantitative estimate of drug-likeness (QED) is 0.603. The fourth-order valence-corrected chi connectivity index (χ4v) is 3.33. The molecule has 0 bridgehead atoms. The van der Waals surface area contributed by atoms with Crippen molar-refractivity contribution in [2.24, 2.45) is 0 Å². The van der Waals surface area contributed by atoms with Crippen molar-refractivity contribution in [3.63, 3.8) is 0 Å². The van der Waals surface area contributed by atoms with Crippen LogP contribution in [0.5, 0.6) is 0 Å². The number of aliphatic carboxylic acids is 1. The Morgan fingerprint density at radius 1 is 1.30 bits per heavy atom. The molecule has 4 atom stereocenters. The van der Waals surface area contributed by atoms with Crippen LogP contribution in [-0.2, 0) is 23.8 Å². The Balaban J connectivity index is 1.67. The van der Waals surface area contributed by atoms with Gasteiger partial charge in [-0.1, -0.05) is 0 Å². The predicted octanol–water partition coefficient (Wildman–Crippen LogP) is -0.973. The lowest BCUT2D eigenvalue weighted by atomic mass is 10.1. The van der Waals surface area contributed by atoms with E-state index < -0.39 is 48.7 Å². The summed E-state index contributed by atoms with van der Waals surface area (Å²) in [5, 5.41) is 11.1. The number of ether oxygens (including phenoxy) is 3. The number of nitrogens with zero attached hydrogens (tertiary/aromatic N) is 4. The van der Waals surface area contributed by atoms with Crippen LogP contribution in [0.25, 0.3) is 11.2 Å². The Morgan fingerprint density at radius 2 is 2.04 bits per heavy atom. The molecule has 1 amide bonds. The number of nitrogens with two attached hydrogens (primary N) is 1. The van der Waals surface area contributed by atoms with Crippen molar-refractivity contribution in [3.8, 4) is 0 Å². The average molecular weight is 378 g/mol. The molecule has 2 fully saturated rings. The summed E-state index contributed by atoms with van der Waals surface area (Å²) in [6.45, 7) is 2.92. The summed E-state index contributed by atoms with van der Waals surface area (Å²) in [6.07, 6.45) is -0.405. The molecule has 4 heterocycles. The van der Waals surface area contributed by atoms with Gasteiger partial charge in [-0.3, -0.25) is 14.2 Å². The molecule has 12 nitrogen and oxygen atoms in total. The van der Waals surface area contributed by atoms with Crippen LogP contribution < -0.4 is 11.1 Å². The number of hydrogen-bond acceptors (Lipinski definition) is 9. The van der Waals surface area contributed by atoms with E-state index >= 15 is 0 Å². The number of hydrogen-bond donors (Lipinski definition) is 3. The summed E-state index contributed by atoms with van der Waals surface area (Å²) >= 11 is 0. The molecule has 0 aliphatic carbocycles. The predicted molar refractivity (Wildman–Crippen MR) is 88.1 cm³/mol. The van der Waals surface area contributed by atoms with E-state index in [2.05, 4.69) is 20.3 Å². The number of anilines is 1. The normalized spacial score (nSPS) is 29.0. The summed E-state index contributed by atoms with van der Waals surface area (Å²) in [6, 6.07) is 0. The number of nitrogens with one attached hydrogen (secondary N) is 1. The molecule has 0 unspecified atom stereocenters. The highest BCUT2D eigenvalue weighted by Gasteiger charge is 2.58. The fraction of sp³-hybridized carbons (Fsp3) is 0.533. The Kier molecular flexibility index (Phi) is 3.98. The SMILES string of the molecule is CC1(C)O[C@H]2[C@H](O1)[C@H](n1cnc3c(N)ncnc31)O[C@@H]2C(=O)NCC(=O)O. The Labute approximate surface area is 152 Å². The lowest BCUT2D eigenvalue weighted by molar-refractivity contribution is -0.197. The number of carboxylic acid groups (broad SMARTS) is 1. The first-order chi connectivity index (χ1) is 12.8. The Hall–Kier alpha value is -2.83. The second-order valence-corrected chi connectivity index (χ2v) is 6.71. The van der Waals surface area contributed by atoms with Crippen LogP contribution >= 0.6 is 0 Å². The van der Waals surface area contributed by atoms with Crippen LogP contribution in [0.2, 0.25) is 0 Å². The molecule has 2 saturated heterocycles. The van der Waals surface area contributed by atoms with Crippen molar-refractivity contribution >= 4 is 28.9 Å². The maximum Gasteiger partial charge on any atom is 0.322 e. The highest BCUT2D eigenvalue weighted by molar-refractivity contribution is 5.85. The van der Waals surface area contributed by atoms with Crippen molar-refractivity contribution in [1.82, 2.24) is 24.8 Å². The van der Waals surface area contributed by atoms with E-state index in [9.17, 15) is 9.59 Å². The van der Waals surface area contributed by atoms with Crippen LogP contribution in [-0.4, -0.2) is 67.1 Å². The van der Waals surface area contributed by atoms with Gasteiger partial charge in [-0.05, 0) is 13.8 Å². The number of imidazole rings is 1. The minimum Gasteiger partial charge on any atom is -0.480 e. The second kappa shape index (κ2) is 6.11. The van der Waals surface area contributed by atoms with E-state index in [1.165, 1.54) is 12.7 Å². The maximum atomic E-state index is 12.4. The number of aromatic nitrogens is 4. The van der Waals surface area contributed by atoms with Crippen molar-refractivity contribution in [1.29, 1.82) is 0 Å². The zero-order valence-corrected chi connectivity index (χ0v) is 14.5. The van der Waals surface area contributed by atoms with Crippen LogP contribution in [0.3, 0.4) is 0 Å².